The second-order valence-corrected chi connectivity index (χ2v) is 3.98. The van der Waals surface area contributed by atoms with Crippen molar-refractivity contribution in [3.63, 3.8) is 0 Å². The molecule has 1 N–H and O–H groups in total. The number of pyridine rings is 1. The van der Waals surface area contributed by atoms with Gasteiger partial charge in [0.1, 0.15) is 28.9 Å². The van der Waals surface area contributed by atoms with Crippen LogP contribution in [0, 0.1) is 24.1 Å². The van der Waals surface area contributed by atoms with Crippen LogP contribution in [0.4, 0.5) is 4.39 Å². The van der Waals surface area contributed by atoms with Crippen LogP contribution in [0.3, 0.4) is 0 Å². The topological polar surface area (TPSA) is 83.2 Å². The molecule has 1 aromatic carbocycles. The van der Waals surface area contributed by atoms with E-state index in [1.165, 1.54) is 24.4 Å². The molecule has 0 atom stereocenters. The summed E-state index contributed by atoms with van der Waals surface area (Å²) < 4.78 is 18.8. The molecule has 0 amide bonds. The number of nitrogens with zero attached hydrogens (tertiary/aromatic N) is 2. The quantitative estimate of drug-likeness (QED) is 0.928. The first-order valence-corrected chi connectivity index (χ1v) is 5.58. The molecule has 0 radical (unpaired) electrons. The molecule has 2 rings (SSSR count). The summed E-state index contributed by atoms with van der Waals surface area (Å²) in [6.07, 6.45) is 1.17. The van der Waals surface area contributed by atoms with E-state index < -0.39 is 11.8 Å². The largest absolute Gasteiger partial charge is 0.477 e. The Hall–Kier alpha value is -2.94. The van der Waals surface area contributed by atoms with E-state index in [0.29, 0.717) is 5.69 Å². The van der Waals surface area contributed by atoms with E-state index in [1.807, 2.05) is 0 Å². The summed E-state index contributed by atoms with van der Waals surface area (Å²) >= 11 is 0. The van der Waals surface area contributed by atoms with Crippen LogP contribution in [0.1, 0.15) is 21.6 Å². The molecule has 0 bridgehead atoms. The molecule has 0 saturated heterocycles. The maximum Gasteiger partial charge on any atom is 0.341 e. The van der Waals surface area contributed by atoms with Crippen molar-refractivity contribution in [1.29, 1.82) is 5.26 Å². The number of hydrogen-bond donors (Lipinski definition) is 1. The van der Waals surface area contributed by atoms with E-state index >= 15 is 0 Å². The third-order valence-electron chi connectivity index (χ3n) is 2.52. The molecule has 5 nitrogen and oxygen atoms in total. The van der Waals surface area contributed by atoms with Gasteiger partial charge in [-0.15, -0.1) is 0 Å². The predicted octanol–water partition coefficient (Wildman–Crippen LogP) is 2.89. The molecule has 0 saturated carbocycles. The monoisotopic (exact) mass is 272 g/mol. The van der Waals surface area contributed by atoms with Gasteiger partial charge in [0.25, 0.3) is 0 Å². The van der Waals surface area contributed by atoms with Crippen LogP contribution in [-0.2, 0) is 0 Å². The van der Waals surface area contributed by atoms with Crippen molar-refractivity contribution in [1.82, 2.24) is 4.98 Å². The molecule has 20 heavy (non-hydrogen) atoms. The molecule has 0 aliphatic carbocycles. The number of ether oxygens (including phenoxy) is 1. The van der Waals surface area contributed by atoms with Gasteiger partial charge in [-0.2, -0.15) is 5.26 Å². The lowest BCUT2D eigenvalue weighted by molar-refractivity contribution is 0.0693. The highest BCUT2D eigenvalue weighted by Gasteiger charge is 2.14. The van der Waals surface area contributed by atoms with Crippen LogP contribution in [0.25, 0.3) is 0 Å². The zero-order valence-corrected chi connectivity index (χ0v) is 10.4. The molecular formula is C14H9FN2O3. The van der Waals surface area contributed by atoms with Crippen molar-refractivity contribution < 1.29 is 19.0 Å². The van der Waals surface area contributed by atoms with Gasteiger partial charge in [0.2, 0.25) is 0 Å². The summed E-state index contributed by atoms with van der Waals surface area (Å²) in [5.41, 5.74) is 0.334. The molecule has 0 fully saturated rings. The van der Waals surface area contributed by atoms with Crippen molar-refractivity contribution in [2.75, 3.05) is 0 Å². The van der Waals surface area contributed by atoms with Gasteiger partial charge in [0.15, 0.2) is 0 Å². The molecule has 100 valence electrons. The van der Waals surface area contributed by atoms with Crippen molar-refractivity contribution >= 4 is 5.97 Å². The Morgan fingerprint density at radius 1 is 1.45 bits per heavy atom. The van der Waals surface area contributed by atoms with E-state index in [-0.39, 0.29) is 22.6 Å². The van der Waals surface area contributed by atoms with Crippen LogP contribution >= 0.6 is 0 Å². The first-order valence-electron chi connectivity index (χ1n) is 5.58. The van der Waals surface area contributed by atoms with Crippen LogP contribution < -0.4 is 4.74 Å². The van der Waals surface area contributed by atoms with E-state index in [4.69, 9.17) is 15.1 Å². The highest BCUT2D eigenvalue weighted by Crippen LogP contribution is 2.27. The molecule has 1 aromatic heterocycles. The van der Waals surface area contributed by atoms with Gasteiger partial charge in [-0.05, 0) is 19.1 Å². The Morgan fingerprint density at radius 3 is 2.80 bits per heavy atom. The van der Waals surface area contributed by atoms with E-state index in [0.717, 1.165) is 6.07 Å². The van der Waals surface area contributed by atoms with Gasteiger partial charge in [-0.1, -0.05) is 0 Å². The fraction of sp³-hybridized carbons (Fsp3) is 0.0714. The second-order valence-electron chi connectivity index (χ2n) is 3.98. The summed E-state index contributed by atoms with van der Waals surface area (Å²) in [5, 5.41) is 17.7. The van der Waals surface area contributed by atoms with E-state index in [1.54, 1.807) is 13.0 Å². The summed E-state index contributed by atoms with van der Waals surface area (Å²) in [6, 6.07) is 6.82. The third-order valence-corrected chi connectivity index (χ3v) is 2.52. The SMILES string of the molecule is Cc1cc(Oc2ccc(C#N)c(F)c2)c(C(=O)O)cn1. The van der Waals surface area contributed by atoms with E-state index in [9.17, 15) is 9.18 Å². The number of nitriles is 1. The number of rotatable bonds is 3. The van der Waals surface area contributed by atoms with Crippen molar-refractivity contribution in [2.24, 2.45) is 0 Å². The highest BCUT2D eigenvalue weighted by atomic mass is 19.1. The summed E-state index contributed by atoms with van der Waals surface area (Å²) in [5.74, 6) is -1.75. The second kappa shape index (κ2) is 5.36. The lowest BCUT2D eigenvalue weighted by Gasteiger charge is -2.09. The van der Waals surface area contributed by atoms with E-state index in [2.05, 4.69) is 4.98 Å². The normalized spacial score (nSPS) is 9.85. The first kappa shape index (κ1) is 13.5. The molecule has 0 aliphatic rings. The molecule has 2 aromatic rings. The Morgan fingerprint density at radius 2 is 2.20 bits per heavy atom. The third kappa shape index (κ3) is 2.72. The van der Waals surface area contributed by atoms with Crippen molar-refractivity contribution in [3.05, 3.63) is 53.1 Å². The maximum atomic E-state index is 13.5. The fourth-order valence-electron chi connectivity index (χ4n) is 1.56. The number of benzene rings is 1. The van der Waals surface area contributed by atoms with Gasteiger partial charge < -0.3 is 9.84 Å². The number of halogens is 1. The van der Waals surface area contributed by atoms with Crippen molar-refractivity contribution in [3.8, 4) is 17.6 Å². The molecule has 6 heteroatoms. The molecule has 0 spiro atoms. The molecule has 0 aliphatic heterocycles. The number of aryl methyl sites for hydroxylation is 1. The average Bonchev–Trinajstić information content (AvgIpc) is 2.38. The number of carbonyl (C=O) groups is 1. The molecule has 0 unspecified atom stereocenters. The zero-order valence-electron chi connectivity index (χ0n) is 10.4. The Labute approximate surface area is 113 Å². The Kier molecular flexibility index (Phi) is 3.62. The molecular weight excluding hydrogens is 263 g/mol. The minimum atomic E-state index is -1.19. The summed E-state index contributed by atoms with van der Waals surface area (Å²) in [4.78, 5) is 14.9. The smallest absolute Gasteiger partial charge is 0.341 e. The minimum absolute atomic E-state index is 0.0640. The van der Waals surface area contributed by atoms with Crippen LogP contribution in [0.2, 0.25) is 0 Å². The van der Waals surface area contributed by atoms with Crippen molar-refractivity contribution in [2.45, 2.75) is 6.92 Å². The first-order chi connectivity index (χ1) is 9.51. The Balaban J connectivity index is 2.39. The number of hydrogen-bond acceptors (Lipinski definition) is 4. The number of aromatic carboxylic acids is 1. The summed E-state index contributed by atoms with van der Waals surface area (Å²) in [6.45, 7) is 1.68. The van der Waals surface area contributed by atoms with Crippen LogP contribution in [0.5, 0.6) is 11.5 Å². The van der Waals surface area contributed by atoms with Gasteiger partial charge in [0.05, 0.1) is 5.56 Å². The fourth-order valence-corrected chi connectivity index (χ4v) is 1.56. The van der Waals surface area contributed by atoms with Gasteiger partial charge in [-0.3, -0.25) is 4.98 Å². The average molecular weight is 272 g/mol. The standard InChI is InChI=1S/C14H9FN2O3/c1-8-4-13(11(7-17-8)14(18)19)20-10-3-2-9(6-16)12(15)5-10/h2-5,7H,1H3,(H,18,19). The lowest BCUT2D eigenvalue weighted by Crippen LogP contribution is -2.02. The summed E-state index contributed by atoms with van der Waals surface area (Å²) in [7, 11) is 0. The van der Waals surface area contributed by atoms with Gasteiger partial charge in [-0.25, -0.2) is 9.18 Å². The predicted molar refractivity (Wildman–Crippen MR) is 67.1 cm³/mol. The number of carboxylic acid groups (broad SMARTS) is 1. The van der Waals surface area contributed by atoms with Gasteiger partial charge in [0, 0.05) is 24.0 Å². The zero-order chi connectivity index (χ0) is 14.7. The van der Waals surface area contributed by atoms with Crippen LogP contribution in [-0.4, -0.2) is 16.1 Å². The lowest BCUT2D eigenvalue weighted by atomic mass is 10.2. The van der Waals surface area contributed by atoms with Crippen LogP contribution in [0.15, 0.2) is 30.5 Å². The highest BCUT2D eigenvalue weighted by molar-refractivity contribution is 5.90. The number of carboxylic acids is 1. The van der Waals surface area contributed by atoms with Gasteiger partial charge >= 0.3 is 5.97 Å². The number of aromatic nitrogens is 1. The minimum Gasteiger partial charge on any atom is -0.477 e. The maximum absolute atomic E-state index is 13.5. The molecule has 1 heterocycles. The Bertz CT molecular complexity index is 723.